The maximum absolute atomic E-state index is 9.39. The predicted octanol–water partition coefficient (Wildman–Crippen LogP) is 8.55. The predicted molar refractivity (Wildman–Crippen MR) is 126 cm³/mol. The highest BCUT2D eigenvalue weighted by atomic mass is 32.2. The minimum Gasteiger partial charge on any atom is -0.492 e. The van der Waals surface area contributed by atoms with Gasteiger partial charge in [0.25, 0.3) is 0 Å². The number of benzene rings is 2. The number of diazo groups is 1. The lowest BCUT2D eigenvalue weighted by molar-refractivity contribution is 0.295. The van der Waals surface area contributed by atoms with Gasteiger partial charge in [-0.1, -0.05) is 81.3 Å². The summed E-state index contributed by atoms with van der Waals surface area (Å²) in [7, 11) is 0. The Labute approximate surface area is 186 Å². The fraction of sp³-hybridized carbons (Fsp3) is 0.520. The number of hydrogen-bond donors (Lipinski definition) is 0. The summed E-state index contributed by atoms with van der Waals surface area (Å²) >= 11 is 1.63. The van der Waals surface area contributed by atoms with Gasteiger partial charge in [-0.25, -0.2) is 0 Å². The first kappa shape index (κ1) is 24.1. The van der Waals surface area contributed by atoms with E-state index in [1.54, 1.807) is 17.8 Å². The van der Waals surface area contributed by atoms with Crippen molar-refractivity contribution < 1.29 is 9.47 Å². The van der Waals surface area contributed by atoms with E-state index in [0.29, 0.717) is 24.7 Å². The number of hydrogen-bond acceptors (Lipinski definition) is 4. The lowest BCUT2D eigenvalue weighted by Crippen LogP contribution is -2.00. The van der Waals surface area contributed by atoms with Gasteiger partial charge < -0.3 is 9.47 Å². The van der Waals surface area contributed by atoms with E-state index in [1.165, 1.54) is 50.5 Å². The lowest BCUT2D eigenvalue weighted by Gasteiger charge is -2.12. The molecule has 162 valence electrons. The maximum atomic E-state index is 9.39. The molecule has 4 nitrogen and oxygen atoms in total. The average Bonchev–Trinajstić information content (AvgIpc) is 2.75. The van der Waals surface area contributed by atoms with Crippen molar-refractivity contribution >= 4 is 17.4 Å². The Balaban J connectivity index is 1.99. The SMILES string of the molecule is CCCCCCCCCCOc1cc([N+]#N)c(OCC)cc1Sc1ccc(C)cc1. The smallest absolute Gasteiger partial charge is 0.430 e. The molecule has 2 aromatic carbocycles. The second kappa shape index (κ2) is 13.9. The van der Waals surface area contributed by atoms with Gasteiger partial charge in [0.2, 0.25) is 11.1 Å². The van der Waals surface area contributed by atoms with Crippen molar-refractivity contribution in [3.8, 4) is 11.5 Å². The van der Waals surface area contributed by atoms with Gasteiger partial charge in [-0.05, 0) is 32.4 Å². The molecule has 30 heavy (non-hydrogen) atoms. The van der Waals surface area contributed by atoms with Gasteiger partial charge in [-0.3, -0.25) is 0 Å². The summed E-state index contributed by atoms with van der Waals surface area (Å²) in [6.07, 6.45) is 10.1. The van der Waals surface area contributed by atoms with Crippen molar-refractivity contribution in [3.63, 3.8) is 0 Å². The van der Waals surface area contributed by atoms with E-state index in [-0.39, 0.29) is 0 Å². The second-order valence-electron chi connectivity index (χ2n) is 7.54. The van der Waals surface area contributed by atoms with Crippen LogP contribution in [-0.4, -0.2) is 13.2 Å². The molecule has 2 rings (SSSR count). The van der Waals surface area contributed by atoms with Gasteiger partial charge in [0.05, 0.1) is 24.2 Å². The van der Waals surface area contributed by atoms with Gasteiger partial charge in [-0.2, -0.15) is 0 Å². The molecule has 0 heterocycles. The van der Waals surface area contributed by atoms with E-state index >= 15 is 0 Å². The van der Waals surface area contributed by atoms with Gasteiger partial charge >= 0.3 is 5.69 Å². The van der Waals surface area contributed by atoms with Crippen molar-refractivity contribution in [2.24, 2.45) is 0 Å². The second-order valence-corrected chi connectivity index (χ2v) is 8.65. The summed E-state index contributed by atoms with van der Waals surface area (Å²) in [4.78, 5) is 5.49. The van der Waals surface area contributed by atoms with E-state index in [0.717, 1.165) is 22.0 Å². The van der Waals surface area contributed by atoms with Crippen LogP contribution in [-0.2, 0) is 0 Å². The highest BCUT2D eigenvalue weighted by Gasteiger charge is 2.21. The fourth-order valence-electron chi connectivity index (χ4n) is 3.22. The van der Waals surface area contributed by atoms with Crippen LogP contribution in [0.3, 0.4) is 0 Å². The molecule has 5 heteroatoms. The normalized spacial score (nSPS) is 10.6. The number of unbranched alkanes of at least 4 members (excludes halogenated alkanes) is 7. The Morgan fingerprint density at radius 1 is 0.833 bits per heavy atom. The van der Waals surface area contributed by atoms with E-state index < -0.39 is 0 Å². The molecular weight excluding hydrogens is 392 g/mol. The Morgan fingerprint density at radius 2 is 1.50 bits per heavy atom. The molecule has 0 aliphatic heterocycles. The summed E-state index contributed by atoms with van der Waals surface area (Å²) in [6.45, 7) is 7.42. The van der Waals surface area contributed by atoms with Crippen LogP contribution in [0, 0.1) is 12.3 Å². The van der Waals surface area contributed by atoms with Crippen molar-refractivity contribution in [2.45, 2.75) is 81.9 Å². The first-order valence-electron chi connectivity index (χ1n) is 11.2. The van der Waals surface area contributed by atoms with Crippen LogP contribution in [0.2, 0.25) is 0 Å². The maximum Gasteiger partial charge on any atom is 0.430 e. The Bertz CT molecular complexity index is 800. The number of aryl methyl sites for hydroxylation is 1. The first-order valence-corrected chi connectivity index (χ1v) is 12.0. The topological polar surface area (TPSA) is 46.6 Å². The zero-order valence-electron chi connectivity index (χ0n) is 18.7. The van der Waals surface area contributed by atoms with E-state index in [9.17, 15) is 5.39 Å². The summed E-state index contributed by atoms with van der Waals surface area (Å²) in [5.41, 5.74) is 1.63. The zero-order chi connectivity index (χ0) is 21.6. The molecule has 0 unspecified atom stereocenters. The largest absolute Gasteiger partial charge is 0.492 e. The van der Waals surface area contributed by atoms with Crippen LogP contribution >= 0.6 is 11.8 Å². The molecule has 0 saturated heterocycles. The highest BCUT2D eigenvalue weighted by molar-refractivity contribution is 7.99. The van der Waals surface area contributed by atoms with Crippen molar-refractivity contribution in [1.29, 1.82) is 5.39 Å². The molecule has 0 aliphatic carbocycles. The van der Waals surface area contributed by atoms with Crippen LogP contribution in [0.15, 0.2) is 46.2 Å². The van der Waals surface area contributed by atoms with E-state index in [4.69, 9.17) is 9.47 Å². The lowest BCUT2D eigenvalue weighted by atomic mass is 10.1. The van der Waals surface area contributed by atoms with Crippen molar-refractivity contribution in [3.05, 3.63) is 46.9 Å². The minimum absolute atomic E-state index is 0.399. The van der Waals surface area contributed by atoms with Crippen LogP contribution < -0.4 is 9.47 Å². The Hall–Kier alpha value is -2.19. The third-order valence-corrected chi connectivity index (χ3v) is 5.98. The quantitative estimate of drug-likeness (QED) is 0.224. The summed E-state index contributed by atoms with van der Waals surface area (Å²) in [6, 6.07) is 12.1. The molecule has 0 aliphatic rings. The van der Waals surface area contributed by atoms with Crippen LogP contribution in [0.4, 0.5) is 5.69 Å². The minimum atomic E-state index is 0.399. The van der Waals surface area contributed by atoms with Crippen molar-refractivity contribution in [2.75, 3.05) is 13.2 Å². The molecule has 0 N–H and O–H groups in total. The van der Waals surface area contributed by atoms with Crippen LogP contribution in [0.1, 0.15) is 70.8 Å². The molecule has 0 fully saturated rings. The van der Waals surface area contributed by atoms with Gasteiger partial charge in [-0.15, -0.1) is 0 Å². The molecule has 2 aromatic rings. The third kappa shape index (κ3) is 8.28. The third-order valence-electron chi connectivity index (χ3n) is 4.94. The first-order chi connectivity index (χ1) is 14.7. The van der Waals surface area contributed by atoms with Crippen LogP contribution in [0.25, 0.3) is 4.98 Å². The Morgan fingerprint density at radius 3 is 2.13 bits per heavy atom. The fourth-order valence-corrected chi connectivity index (χ4v) is 4.13. The molecule has 0 amide bonds. The summed E-state index contributed by atoms with van der Waals surface area (Å²) in [5, 5.41) is 9.39. The molecule has 0 radical (unpaired) electrons. The highest BCUT2D eigenvalue weighted by Crippen LogP contribution is 2.42. The van der Waals surface area contributed by atoms with Gasteiger partial charge in [0.1, 0.15) is 5.75 Å². The number of rotatable bonds is 14. The Kier molecular flexibility index (Phi) is 11.2. The molecule has 0 atom stereocenters. The molecule has 0 bridgehead atoms. The van der Waals surface area contributed by atoms with E-state index in [1.807, 2.05) is 13.0 Å². The average molecular weight is 428 g/mol. The molecule has 0 spiro atoms. The monoisotopic (exact) mass is 427 g/mol. The molecular formula is C25H35N2O2S+. The van der Waals surface area contributed by atoms with Gasteiger partial charge in [0, 0.05) is 11.0 Å². The van der Waals surface area contributed by atoms with Crippen LogP contribution in [0.5, 0.6) is 11.5 Å². The standard InChI is InChI=1S/C25H35N2O2S/c1-4-6-7-8-9-10-11-12-17-29-24-18-22(27-26)23(28-5-2)19-25(24)30-21-15-13-20(3)14-16-21/h13-16,18-19H,4-12,17H2,1-3H3/q+1. The van der Waals surface area contributed by atoms with Gasteiger partial charge in [0.15, 0.2) is 4.98 Å². The summed E-state index contributed by atoms with van der Waals surface area (Å²) < 4.78 is 11.8. The zero-order valence-corrected chi connectivity index (χ0v) is 19.5. The molecule has 0 aromatic heterocycles. The van der Waals surface area contributed by atoms with E-state index in [2.05, 4.69) is 43.1 Å². The molecule has 0 saturated carbocycles. The van der Waals surface area contributed by atoms with Crippen molar-refractivity contribution in [1.82, 2.24) is 0 Å². The number of ether oxygens (including phenoxy) is 2. The summed E-state index contributed by atoms with van der Waals surface area (Å²) in [5.74, 6) is 1.30. The number of nitrogens with zero attached hydrogens (tertiary/aromatic N) is 2.